The Bertz CT molecular complexity index is 724. The molecule has 2 aromatic rings. The molecule has 0 atom stereocenters. The van der Waals surface area contributed by atoms with Crippen molar-refractivity contribution < 1.29 is 18.3 Å². The van der Waals surface area contributed by atoms with Crippen LogP contribution in [-0.2, 0) is 14.8 Å². The second kappa shape index (κ2) is 5.86. The highest BCUT2D eigenvalue weighted by Gasteiger charge is 2.26. The van der Waals surface area contributed by atoms with E-state index >= 15 is 0 Å². The minimum Gasteiger partial charge on any atom is -0.480 e. The van der Waals surface area contributed by atoms with E-state index in [2.05, 4.69) is 4.98 Å². The summed E-state index contributed by atoms with van der Waals surface area (Å²) in [5.41, 5.74) is 0.731. The number of fused-ring (bicyclic) bond motifs is 1. The SMILES string of the molecule is CCCN(CC(=O)O)S(=O)(=O)c1cnc2ccsc2c1. The van der Waals surface area contributed by atoms with E-state index in [9.17, 15) is 13.2 Å². The molecule has 0 aliphatic carbocycles. The van der Waals surface area contributed by atoms with E-state index in [0.717, 1.165) is 14.5 Å². The number of nitrogens with zero attached hydrogens (tertiary/aromatic N) is 2. The van der Waals surface area contributed by atoms with Gasteiger partial charge in [-0.15, -0.1) is 11.3 Å². The van der Waals surface area contributed by atoms with Crippen molar-refractivity contribution in [3.8, 4) is 0 Å². The number of sulfonamides is 1. The molecule has 0 spiro atoms. The first-order valence-corrected chi connectivity index (χ1v) is 8.32. The van der Waals surface area contributed by atoms with Gasteiger partial charge in [-0.3, -0.25) is 9.78 Å². The number of thiophene rings is 1. The molecule has 20 heavy (non-hydrogen) atoms. The molecule has 0 saturated heterocycles. The second-order valence-electron chi connectivity index (χ2n) is 4.21. The molecule has 6 nitrogen and oxygen atoms in total. The van der Waals surface area contributed by atoms with Gasteiger partial charge in [-0.1, -0.05) is 6.92 Å². The summed E-state index contributed by atoms with van der Waals surface area (Å²) in [6.45, 7) is 1.42. The molecular formula is C12H14N2O4S2. The first kappa shape index (κ1) is 14.9. The molecule has 0 radical (unpaired) electrons. The van der Waals surface area contributed by atoms with Crippen molar-refractivity contribution in [2.24, 2.45) is 0 Å². The third-order valence-corrected chi connectivity index (χ3v) is 5.36. The highest BCUT2D eigenvalue weighted by atomic mass is 32.2. The van der Waals surface area contributed by atoms with Crippen molar-refractivity contribution in [3.05, 3.63) is 23.7 Å². The maximum absolute atomic E-state index is 12.5. The van der Waals surface area contributed by atoms with E-state index in [1.807, 2.05) is 5.38 Å². The van der Waals surface area contributed by atoms with Crippen LogP contribution in [-0.4, -0.2) is 41.9 Å². The molecule has 0 unspecified atom stereocenters. The highest BCUT2D eigenvalue weighted by molar-refractivity contribution is 7.89. The Hall–Kier alpha value is -1.51. The number of pyridine rings is 1. The maximum Gasteiger partial charge on any atom is 0.318 e. The van der Waals surface area contributed by atoms with Gasteiger partial charge in [0, 0.05) is 12.7 Å². The predicted octanol–water partition coefficient (Wildman–Crippen LogP) is 1.78. The zero-order valence-corrected chi connectivity index (χ0v) is 12.4. The van der Waals surface area contributed by atoms with Gasteiger partial charge in [0.1, 0.15) is 11.4 Å². The molecule has 0 saturated carbocycles. The molecule has 8 heteroatoms. The minimum absolute atomic E-state index is 0.0298. The number of carboxylic acids is 1. The minimum atomic E-state index is -3.83. The average molecular weight is 314 g/mol. The Labute approximate surface area is 120 Å². The molecule has 0 aliphatic rings. The second-order valence-corrected chi connectivity index (χ2v) is 7.09. The molecule has 0 aromatic carbocycles. The van der Waals surface area contributed by atoms with Crippen molar-refractivity contribution in [3.63, 3.8) is 0 Å². The van der Waals surface area contributed by atoms with Crippen LogP contribution in [0.1, 0.15) is 13.3 Å². The largest absolute Gasteiger partial charge is 0.480 e. The van der Waals surface area contributed by atoms with Crippen LogP contribution in [0.5, 0.6) is 0 Å². The standard InChI is InChI=1S/C12H14N2O4S2/c1-2-4-14(8-12(15)16)20(17,18)9-6-11-10(13-7-9)3-5-19-11/h3,5-7H,2,4,8H2,1H3,(H,15,16). The summed E-state index contributed by atoms with van der Waals surface area (Å²) < 4.78 is 26.6. The molecule has 2 aromatic heterocycles. The van der Waals surface area contributed by atoms with Gasteiger partial charge in [-0.2, -0.15) is 4.31 Å². The van der Waals surface area contributed by atoms with Crippen molar-refractivity contribution in [1.82, 2.24) is 9.29 Å². The number of aliphatic carboxylic acids is 1. The van der Waals surface area contributed by atoms with Gasteiger partial charge in [0.2, 0.25) is 10.0 Å². The van der Waals surface area contributed by atoms with E-state index in [-0.39, 0.29) is 11.4 Å². The molecule has 0 aliphatic heterocycles. The van der Waals surface area contributed by atoms with Gasteiger partial charge in [0.25, 0.3) is 0 Å². The third-order valence-electron chi connectivity index (χ3n) is 2.70. The smallest absolute Gasteiger partial charge is 0.318 e. The molecule has 0 bridgehead atoms. The predicted molar refractivity (Wildman–Crippen MR) is 76.3 cm³/mol. The fourth-order valence-electron chi connectivity index (χ4n) is 1.80. The normalized spacial score (nSPS) is 12.1. The van der Waals surface area contributed by atoms with Gasteiger partial charge in [0.15, 0.2) is 0 Å². The Morgan fingerprint density at radius 2 is 2.25 bits per heavy atom. The van der Waals surface area contributed by atoms with Gasteiger partial charge in [-0.05, 0) is 23.9 Å². The molecule has 1 N–H and O–H groups in total. The van der Waals surface area contributed by atoms with Gasteiger partial charge in [0.05, 0.1) is 10.2 Å². The van der Waals surface area contributed by atoms with E-state index in [1.165, 1.54) is 23.6 Å². The number of hydrogen-bond acceptors (Lipinski definition) is 5. The summed E-state index contributed by atoms with van der Waals surface area (Å²) in [6, 6.07) is 3.34. The molecule has 0 amide bonds. The van der Waals surface area contributed by atoms with Crippen LogP contribution in [0.4, 0.5) is 0 Å². The summed E-state index contributed by atoms with van der Waals surface area (Å²) in [6.07, 6.45) is 1.82. The molecular weight excluding hydrogens is 300 g/mol. The lowest BCUT2D eigenvalue weighted by Crippen LogP contribution is -2.36. The van der Waals surface area contributed by atoms with E-state index < -0.39 is 22.5 Å². The fourth-order valence-corrected chi connectivity index (χ4v) is 4.11. The Morgan fingerprint density at radius 3 is 2.90 bits per heavy atom. The Balaban J connectivity index is 2.42. The summed E-state index contributed by atoms with van der Waals surface area (Å²) in [4.78, 5) is 14.9. The lowest BCUT2D eigenvalue weighted by atomic mass is 10.4. The van der Waals surface area contributed by atoms with E-state index in [0.29, 0.717) is 6.42 Å². The Morgan fingerprint density at radius 1 is 1.50 bits per heavy atom. The van der Waals surface area contributed by atoms with Crippen molar-refractivity contribution in [2.75, 3.05) is 13.1 Å². The van der Waals surface area contributed by atoms with Crippen LogP contribution in [0.25, 0.3) is 10.2 Å². The molecule has 108 valence electrons. The van der Waals surface area contributed by atoms with Gasteiger partial charge < -0.3 is 5.11 Å². The van der Waals surface area contributed by atoms with Crippen molar-refractivity contribution >= 4 is 37.5 Å². The summed E-state index contributed by atoms with van der Waals surface area (Å²) >= 11 is 1.39. The quantitative estimate of drug-likeness (QED) is 0.878. The van der Waals surface area contributed by atoms with Crippen LogP contribution < -0.4 is 0 Å². The monoisotopic (exact) mass is 314 g/mol. The first-order valence-electron chi connectivity index (χ1n) is 6.00. The van der Waals surface area contributed by atoms with Crippen LogP contribution in [0, 0.1) is 0 Å². The van der Waals surface area contributed by atoms with Crippen LogP contribution in [0.15, 0.2) is 28.6 Å². The van der Waals surface area contributed by atoms with Gasteiger partial charge in [-0.25, -0.2) is 8.42 Å². The summed E-state index contributed by atoms with van der Waals surface area (Å²) in [5.74, 6) is -1.17. The number of hydrogen-bond donors (Lipinski definition) is 1. The molecule has 2 rings (SSSR count). The van der Waals surface area contributed by atoms with Gasteiger partial charge >= 0.3 is 5.97 Å². The zero-order chi connectivity index (χ0) is 14.8. The summed E-state index contributed by atoms with van der Waals surface area (Å²) in [7, 11) is -3.83. The lowest BCUT2D eigenvalue weighted by molar-refractivity contribution is -0.137. The van der Waals surface area contributed by atoms with Crippen molar-refractivity contribution in [1.29, 1.82) is 0 Å². The lowest BCUT2D eigenvalue weighted by Gasteiger charge is -2.19. The average Bonchev–Trinajstić information content (AvgIpc) is 2.84. The highest BCUT2D eigenvalue weighted by Crippen LogP contribution is 2.23. The maximum atomic E-state index is 12.5. The third kappa shape index (κ3) is 2.97. The van der Waals surface area contributed by atoms with Crippen LogP contribution >= 0.6 is 11.3 Å². The topological polar surface area (TPSA) is 87.6 Å². The van der Waals surface area contributed by atoms with E-state index in [1.54, 1.807) is 13.0 Å². The number of carboxylic acid groups (broad SMARTS) is 1. The molecule has 0 fully saturated rings. The number of aromatic nitrogens is 1. The number of carbonyl (C=O) groups is 1. The zero-order valence-electron chi connectivity index (χ0n) is 10.8. The first-order chi connectivity index (χ1) is 9.45. The summed E-state index contributed by atoms with van der Waals surface area (Å²) in [5, 5.41) is 10.7. The van der Waals surface area contributed by atoms with E-state index in [4.69, 9.17) is 5.11 Å². The van der Waals surface area contributed by atoms with Crippen molar-refractivity contribution in [2.45, 2.75) is 18.2 Å². The number of rotatable bonds is 6. The fraction of sp³-hybridized carbons (Fsp3) is 0.333. The Kier molecular flexibility index (Phi) is 4.36. The van der Waals surface area contributed by atoms with Crippen LogP contribution in [0.2, 0.25) is 0 Å². The molecule has 2 heterocycles. The van der Waals surface area contributed by atoms with Crippen LogP contribution in [0.3, 0.4) is 0 Å².